The molecule has 35 atom stereocenters. The maximum Gasteiger partial charge on any atom is 0.187 e. The van der Waals surface area contributed by atoms with E-state index in [0.29, 0.717) is 43.4 Å². The fourth-order valence-electron chi connectivity index (χ4n) is 16.6. The van der Waals surface area contributed by atoms with Gasteiger partial charge in [0, 0.05) is 19.4 Å². The second kappa shape index (κ2) is 26.7. The van der Waals surface area contributed by atoms with Gasteiger partial charge in [0.15, 0.2) is 37.2 Å². The molecule has 16 N–H and O–H groups in total. The van der Waals surface area contributed by atoms with E-state index >= 15 is 0 Å². The van der Waals surface area contributed by atoms with Crippen molar-refractivity contribution in [2.75, 3.05) is 46.8 Å². The smallest absolute Gasteiger partial charge is 0.187 e. The average molecular weight is 1230 g/mol. The first kappa shape index (κ1) is 66.5. The van der Waals surface area contributed by atoms with Gasteiger partial charge >= 0.3 is 0 Å². The molecule has 0 aromatic rings. The zero-order valence-electron chi connectivity index (χ0n) is 48.7. The topological polar surface area (TPSA) is 434 Å². The van der Waals surface area contributed by atoms with Crippen LogP contribution in [-0.2, 0) is 56.8 Å². The number of hydrogen-bond donors (Lipinski definition) is 16. The van der Waals surface area contributed by atoms with Gasteiger partial charge in [-0.3, -0.25) is 0 Å². The Morgan fingerprint density at radius 3 is 1.81 bits per heavy atom. The normalized spacial score (nSPS) is 53.9. The molecule has 28 nitrogen and oxygen atoms in total. The van der Waals surface area contributed by atoms with Crippen LogP contribution in [0, 0.1) is 46.3 Å². The lowest BCUT2D eigenvalue weighted by atomic mass is 9.47. The van der Waals surface area contributed by atoms with Crippen LogP contribution in [0.1, 0.15) is 85.5 Å². The molecule has 10 rings (SSSR count). The minimum absolute atomic E-state index is 0.00163. The van der Waals surface area contributed by atoms with E-state index in [9.17, 15) is 81.7 Å². The lowest BCUT2D eigenvalue weighted by molar-refractivity contribution is -0.403. The van der Waals surface area contributed by atoms with Crippen LogP contribution in [0.15, 0.2) is 11.6 Å². The highest BCUT2D eigenvalue weighted by Gasteiger charge is 2.69. The van der Waals surface area contributed by atoms with Crippen LogP contribution >= 0.6 is 0 Å². The second-order valence-electron chi connectivity index (χ2n) is 26.4. The molecule has 0 spiro atoms. The first-order valence-corrected chi connectivity index (χ1v) is 30.4. The summed E-state index contributed by atoms with van der Waals surface area (Å²) in [5.74, 6) is 0.706. The van der Waals surface area contributed by atoms with Crippen LogP contribution < -0.4 is 0 Å². The van der Waals surface area contributed by atoms with Crippen LogP contribution in [0.3, 0.4) is 0 Å². The zero-order valence-corrected chi connectivity index (χ0v) is 48.7. The van der Waals surface area contributed by atoms with Gasteiger partial charge in [0.25, 0.3) is 0 Å². The number of allylic oxidation sites excluding steroid dienone is 1. The SMILES string of the molecule is COC1(CCC(C)CO[C@@H]2O[C@H](CO)[C@@H](O)[C@H](O)[C@H]2O)O[C@H]2C[C@H]3[C@@H]4CC=C5C[C@@H](O[C@@H]6O[C@H](CO)[C@H](O[C@@H]7O[C@H](CO)[C@@H](O)[C@H](O[C@@H]8OC[C@@H](O)[C@H](O)[C@H]8O)[C@H]7O[C@@H]7O[C@H](CO)[C@@H](O)[C@H](O)[C@H]7O)[C@H](O)[C@H]6O)CC[C@]5(C)[C@H]4CC[C@]3(C)[C@H]2[C@@H]1C. The highest BCUT2D eigenvalue weighted by molar-refractivity contribution is 5.26. The van der Waals surface area contributed by atoms with Gasteiger partial charge in [-0.2, -0.15) is 0 Å². The van der Waals surface area contributed by atoms with Crippen molar-refractivity contribution in [3.8, 4) is 0 Å². The fourth-order valence-corrected chi connectivity index (χ4v) is 16.6. The van der Waals surface area contributed by atoms with E-state index in [-0.39, 0.29) is 41.3 Å². The van der Waals surface area contributed by atoms with Crippen molar-refractivity contribution in [1.29, 1.82) is 0 Å². The van der Waals surface area contributed by atoms with E-state index < -0.39 is 192 Å². The van der Waals surface area contributed by atoms with Crippen molar-refractivity contribution in [3.05, 3.63) is 11.6 Å². The highest BCUT2D eigenvalue weighted by atomic mass is 16.8. The van der Waals surface area contributed by atoms with Gasteiger partial charge in [-0.05, 0) is 91.8 Å². The Kier molecular flexibility index (Phi) is 20.9. The molecule has 490 valence electrons. The van der Waals surface area contributed by atoms with E-state index in [0.717, 1.165) is 32.1 Å². The second-order valence-corrected chi connectivity index (χ2v) is 26.4. The molecule has 4 aliphatic carbocycles. The van der Waals surface area contributed by atoms with Crippen molar-refractivity contribution in [2.24, 2.45) is 46.3 Å². The summed E-state index contributed by atoms with van der Waals surface area (Å²) in [5.41, 5.74) is 1.10. The van der Waals surface area contributed by atoms with Gasteiger partial charge in [0.05, 0.1) is 51.8 Å². The minimum Gasteiger partial charge on any atom is -0.394 e. The van der Waals surface area contributed by atoms with Crippen molar-refractivity contribution in [2.45, 2.75) is 251 Å². The molecule has 6 aliphatic heterocycles. The molecule has 6 heterocycles. The van der Waals surface area contributed by atoms with Gasteiger partial charge < -0.3 is 139 Å². The van der Waals surface area contributed by atoms with Crippen molar-refractivity contribution < 1.29 is 139 Å². The molecular weight excluding hydrogens is 1130 g/mol. The molecule has 0 aromatic heterocycles. The fraction of sp³-hybridized carbons (Fsp3) is 0.965. The molecule has 85 heavy (non-hydrogen) atoms. The van der Waals surface area contributed by atoms with Crippen LogP contribution in [0.25, 0.3) is 0 Å². The van der Waals surface area contributed by atoms with Gasteiger partial charge in [0.1, 0.15) is 116 Å². The van der Waals surface area contributed by atoms with Gasteiger partial charge in [-0.1, -0.05) is 39.3 Å². The first-order valence-electron chi connectivity index (χ1n) is 30.4. The Bertz CT molecular complexity index is 2220. The molecule has 0 bridgehead atoms. The van der Waals surface area contributed by atoms with Crippen LogP contribution in [0.5, 0.6) is 0 Å². The predicted molar refractivity (Wildman–Crippen MR) is 283 cm³/mol. The molecule has 0 amide bonds. The summed E-state index contributed by atoms with van der Waals surface area (Å²) in [7, 11) is 1.70. The maximum atomic E-state index is 11.9. The maximum absolute atomic E-state index is 11.9. The largest absolute Gasteiger partial charge is 0.394 e. The van der Waals surface area contributed by atoms with Crippen molar-refractivity contribution >= 4 is 0 Å². The van der Waals surface area contributed by atoms with Crippen LogP contribution in [0.4, 0.5) is 0 Å². The Morgan fingerprint density at radius 2 is 1.15 bits per heavy atom. The minimum atomic E-state index is -2.03. The number of ether oxygens (including phenoxy) is 12. The number of methoxy groups -OCH3 is 1. The summed E-state index contributed by atoms with van der Waals surface area (Å²) in [6.45, 7) is 5.58. The summed E-state index contributed by atoms with van der Waals surface area (Å²) in [6.07, 6.45) is -31.5. The van der Waals surface area contributed by atoms with E-state index in [1.54, 1.807) is 7.11 Å². The van der Waals surface area contributed by atoms with Gasteiger partial charge in [-0.25, -0.2) is 0 Å². The molecular formula is C57H94O28. The lowest BCUT2D eigenvalue weighted by Gasteiger charge is -2.58. The lowest BCUT2D eigenvalue weighted by Crippen LogP contribution is -2.68. The Balaban J connectivity index is 0.777. The first-order chi connectivity index (χ1) is 40.4. The molecule has 0 aromatic carbocycles. The zero-order chi connectivity index (χ0) is 61.4. The number of aliphatic hydroxyl groups excluding tert-OH is 16. The molecule has 0 radical (unpaired) electrons. The Morgan fingerprint density at radius 1 is 0.588 bits per heavy atom. The summed E-state index contributed by atoms with van der Waals surface area (Å²) in [4.78, 5) is 0. The van der Waals surface area contributed by atoms with E-state index in [4.69, 9.17) is 56.8 Å². The number of fused-ring (bicyclic) bond motifs is 7. The van der Waals surface area contributed by atoms with E-state index in [1.807, 2.05) is 6.92 Å². The standard InChI is InChI=1S/C57H94O28/c1-22(20-75-50-44(71)40(67)37(64)31(16-58)78-50)8-13-57(74-5)23(2)35-30(85-57)15-28-26-7-6-24-14-25(9-11-55(24,3)27(26)10-12-56(28,35)4)77-52-46(73)42(69)47(34(19-61)81-52)82-54-49(84-53-45(72)41(68)38(65)32(17-59)79-53)48(39(66)33(18-60)80-54)83-51-43(70)36(63)29(62)21-76-51/h6,22-23,25-54,58-73H,7-21H2,1-5H3/t22?,23-,25-,26+,27-,28-,29+,30-,31+,32+,33+,34+,35-,36-,37+,38+,39+,40-,41-,42+,43+,44+,45+,46+,47-,48-,49+,50+,51-,52+,53-,54-,55-,56-,57?/m0/s1. The quantitative estimate of drug-likeness (QED) is 0.0539. The third-order valence-electron chi connectivity index (χ3n) is 21.6. The summed E-state index contributed by atoms with van der Waals surface area (Å²) in [6, 6.07) is 0. The molecule has 9 fully saturated rings. The Labute approximate surface area is 492 Å². The summed E-state index contributed by atoms with van der Waals surface area (Å²) < 4.78 is 72.7. The molecule has 2 unspecified atom stereocenters. The van der Waals surface area contributed by atoms with Crippen LogP contribution in [0.2, 0.25) is 0 Å². The van der Waals surface area contributed by atoms with Crippen molar-refractivity contribution in [3.63, 3.8) is 0 Å². The molecule has 6 saturated heterocycles. The van der Waals surface area contributed by atoms with E-state index in [2.05, 4.69) is 26.8 Å². The highest BCUT2D eigenvalue weighted by Crippen LogP contribution is 2.70. The van der Waals surface area contributed by atoms with Gasteiger partial charge in [-0.15, -0.1) is 0 Å². The monoisotopic (exact) mass is 1230 g/mol. The Hall–Kier alpha value is -1.38. The number of hydrogen-bond acceptors (Lipinski definition) is 28. The molecule has 3 saturated carbocycles. The predicted octanol–water partition coefficient (Wildman–Crippen LogP) is -4.92. The van der Waals surface area contributed by atoms with Crippen molar-refractivity contribution in [1.82, 2.24) is 0 Å². The third kappa shape index (κ3) is 12.2. The molecule has 28 heteroatoms. The van der Waals surface area contributed by atoms with Crippen LogP contribution in [-0.4, -0.2) is 294 Å². The summed E-state index contributed by atoms with van der Waals surface area (Å²) in [5, 5.41) is 170. The summed E-state index contributed by atoms with van der Waals surface area (Å²) >= 11 is 0. The van der Waals surface area contributed by atoms with Gasteiger partial charge in [0.2, 0.25) is 0 Å². The number of rotatable bonds is 19. The molecule has 10 aliphatic rings. The third-order valence-corrected chi connectivity index (χ3v) is 21.6. The number of aliphatic hydroxyl groups is 16. The van der Waals surface area contributed by atoms with E-state index in [1.165, 1.54) is 5.57 Å². The average Bonchev–Trinajstić information content (AvgIpc) is 1.60.